The van der Waals surface area contributed by atoms with Crippen LogP contribution in [0.25, 0.3) is 11.2 Å². The predicted octanol–water partition coefficient (Wildman–Crippen LogP) is 2.92. The molecule has 0 saturated carbocycles. The number of hydrogen-bond donors (Lipinski definition) is 2. The highest BCUT2D eigenvalue weighted by Gasteiger charge is 2.03. The lowest BCUT2D eigenvalue weighted by Gasteiger charge is -2.07. The Hall–Kier alpha value is -2.36. The molecule has 0 aliphatic heterocycles. The monoisotopic (exact) mass is 252 g/mol. The van der Waals surface area contributed by atoms with Gasteiger partial charge in [0.1, 0.15) is 5.82 Å². The third kappa shape index (κ3) is 2.57. The molecular formula is C15H16N4. The molecule has 0 atom stereocenters. The van der Waals surface area contributed by atoms with Gasteiger partial charge in [0.2, 0.25) is 0 Å². The van der Waals surface area contributed by atoms with Crippen LogP contribution in [-0.2, 0) is 6.42 Å². The molecular weight excluding hydrogens is 236 g/mol. The van der Waals surface area contributed by atoms with Gasteiger partial charge in [-0.25, -0.2) is 9.97 Å². The van der Waals surface area contributed by atoms with E-state index in [9.17, 15) is 0 Å². The number of pyridine rings is 1. The second-order valence-corrected chi connectivity index (χ2v) is 4.55. The van der Waals surface area contributed by atoms with E-state index < -0.39 is 0 Å². The molecule has 0 unspecified atom stereocenters. The number of aromatic amines is 1. The van der Waals surface area contributed by atoms with Gasteiger partial charge in [0.25, 0.3) is 0 Å². The molecule has 0 bridgehead atoms. The normalized spacial score (nSPS) is 10.8. The van der Waals surface area contributed by atoms with E-state index in [1.54, 1.807) is 6.20 Å². The van der Waals surface area contributed by atoms with Crippen molar-refractivity contribution < 1.29 is 0 Å². The van der Waals surface area contributed by atoms with Crippen LogP contribution < -0.4 is 5.32 Å². The second kappa shape index (κ2) is 5.10. The van der Waals surface area contributed by atoms with Crippen molar-refractivity contribution in [1.29, 1.82) is 0 Å². The van der Waals surface area contributed by atoms with Gasteiger partial charge in [0.05, 0.1) is 5.52 Å². The topological polar surface area (TPSA) is 53.6 Å². The summed E-state index contributed by atoms with van der Waals surface area (Å²) in [6.07, 6.45) is 2.61. The standard InChI is InChI=1S/C15H16N4/c1-11-5-2-3-6-12(11)16-10-8-14-18-13-7-4-9-17-15(13)19-14/h2-7,9,16H,8,10H2,1H3,(H,17,18,19). The van der Waals surface area contributed by atoms with Crippen LogP contribution in [0.15, 0.2) is 42.6 Å². The summed E-state index contributed by atoms with van der Waals surface area (Å²) in [7, 11) is 0. The number of anilines is 1. The van der Waals surface area contributed by atoms with Gasteiger partial charge in [0.15, 0.2) is 5.65 Å². The van der Waals surface area contributed by atoms with Crippen LogP contribution in [-0.4, -0.2) is 21.5 Å². The minimum absolute atomic E-state index is 0.786. The van der Waals surface area contributed by atoms with E-state index in [4.69, 9.17) is 0 Å². The van der Waals surface area contributed by atoms with Crippen molar-refractivity contribution in [1.82, 2.24) is 15.0 Å². The summed E-state index contributed by atoms with van der Waals surface area (Å²) in [4.78, 5) is 12.0. The summed E-state index contributed by atoms with van der Waals surface area (Å²) < 4.78 is 0. The number of aryl methyl sites for hydroxylation is 1. The van der Waals surface area contributed by atoms with Crippen LogP contribution in [0.5, 0.6) is 0 Å². The van der Waals surface area contributed by atoms with E-state index in [0.717, 1.165) is 30.0 Å². The van der Waals surface area contributed by atoms with E-state index >= 15 is 0 Å². The maximum atomic E-state index is 4.46. The fraction of sp³-hybridized carbons (Fsp3) is 0.200. The number of para-hydroxylation sites is 1. The van der Waals surface area contributed by atoms with Gasteiger partial charge >= 0.3 is 0 Å². The van der Waals surface area contributed by atoms with Crippen molar-refractivity contribution in [2.24, 2.45) is 0 Å². The molecule has 0 saturated heterocycles. The quantitative estimate of drug-likeness (QED) is 0.750. The molecule has 3 aromatic rings. The molecule has 96 valence electrons. The zero-order chi connectivity index (χ0) is 13.1. The molecule has 2 N–H and O–H groups in total. The Labute approximate surface area is 111 Å². The van der Waals surface area contributed by atoms with Gasteiger partial charge in [0, 0.05) is 24.8 Å². The average molecular weight is 252 g/mol. The summed E-state index contributed by atoms with van der Waals surface area (Å²) in [5.41, 5.74) is 4.22. The maximum Gasteiger partial charge on any atom is 0.177 e. The number of nitrogens with one attached hydrogen (secondary N) is 2. The molecule has 0 amide bonds. The van der Waals surface area contributed by atoms with Gasteiger partial charge in [-0.2, -0.15) is 0 Å². The first-order chi connectivity index (χ1) is 9.33. The third-order valence-corrected chi connectivity index (χ3v) is 3.13. The number of imidazole rings is 1. The average Bonchev–Trinajstić information content (AvgIpc) is 2.83. The van der Waals surface area contributed by atoms with Crippen LogP contribution in [0.4, 0.5) is 5.69 Å². The number of hydrogen-bond acceptors (Lipinski definition) is 3. The number of nitrogens with zero attached hydrogens (tertiary/aromatic N) is 2. The van der Waals surface area contributed by atoms with E-state index in [1.807, 2.05) is 24.3 Å². The Morgan fingerprint density at radius 3 is 2.89 bits per heavy atom. The molecule has 19 heavy (non-hydrogen) atoms. The number of aromatic nitrogens is 3. The second-order valence-electron chi connectivity index (χ2n) is 4.55. The molecule has 2 aromatic heterocycles. The smallest absolute Gasteiger partial charge is 0.177 e. The van der Waals surface area contributed by atoms with Gasteiger partial charge < -0.3 is 10.3 Å². The zero-order valence-electron chi connectivity index (χ0n) is 10.9. The number of benzene rings is 1. The number of fused-ring (bicyclic) bond motifs is 1. The minimum atomic E-state index is 0.786. The van der Waals surface area contributed by atoms with Gasteiger partial charge in [-0.15, -0.1) is 0 Å². The van der Waals surface area contributed by atoms with Gasteiger partial charge in [-0.05, 0) is 30.7 Å². The molecule has 2 heterocycles. The fourth-order valence-electron chi connectivity index (χ4n) is 2.10. The summed E-state index contributed by atoms with van der Waals surface area (Å²) in [5, 5.41) is 3.43. The lowest BCUT2D eigenvalue weighted by Crippen LogP contribution is -2.06. The summed E-state index contributed by atoms with van der Waals surface area (Å²) in [5.74, 6) is 0.967. The fourth-order valence-corrected chi connectivity index (χ4v) is 2.10. The Kier molecular flexibility index (Phi) is 3.14. The highest BCUT2D eigenvalue weighted by atomic mass is 15.0. The highest BCUT2D eigenvalue weighted by Crippen LogP contribution is 2.13. The third-order valence-electron chi connectivity index (χ3n) is 3.13. The van der Waals surface area contributed by atoms with Gasteiger partial charge in [-0.3, -0.25) is 0 Å². The van der Waals surface area contributed by atoms with E-state index in [2.05, 4.69) is 39.3 Å². The molecule has 4 heteroatoms. The molecule has 0 spiro atoms. The molecule has 0 radical (unpaired) electrons. The van der Waals surface area contributed by atoms with Crippen molar-refractivity contribution >= 4 is 16.9 Å². The SMILES string of the molecule is Cc1ccccc1NCCc1nc2ncccc2[nH]1. The van der Waals surface area contributed by atoms with E-state index in [0.29, 0.717) is 0 Å². The van der Waals surface area contributed by atoms with Crippen LogP contribution in [0, 0.1) is 6.92 Å². The Morgan fingerprint density at radius 1 is 1.16 bits per heavy atom. The van der Waals surface area contributed by atoms with Crippen LogP contribution in [0.2, 0.25) is 0 Å². The van der Waals surface area contributed by atoms with E-state index in [-0.39, 0.29) is 0 Å². The van der Waals surface area contributed by atoms with Crippen molar-refractivity contribution in [3.63, 3.8) is 0 Å². The Balaban J connectivity index is 1.65. The minimum Gasteiger partial charge on any atom is -0.384 e. The largest absolute Gasteiger partial charge is 0.384 e. The first-order valence-electron chi connectivity index (χ1n) is 6.42. The molecule has 3 rings (SSSR count). The molecule has 0 fully saturated rings. The first kappa shape index (κ1) is 11.7. The lowest BCUT2D eigenvalue weighted by molar-refractivity contribution is 0.932. The molecule has 1 aromatic carbocycles. The molecule has 0 aliphatic rings. The lowest BCUT2D eigenvalue weighted by atomic mass is 10.2. The van der Waals surface area contributed by atoms with Crippen molar-refractivity contribution in [3.8, 4) is 0 Å². The predicted molar refractivity (Wildman–Crippen MR) is 77.3 cm³/mol. The number of rotatable bonds is 4. The highest BCUT2D eigenvalue weighted by molar-refractivity contribution is 5.69. The summed E-state index contributed by atoms with van der Waals surface area (Å²) in [6.45, 7) is 2.96. The molecule has 0 aliphatic carbocycles. The van der Waals surface area contributed by atoms with Crippen molar-refractivity contribution in [2.45, 2.75) is 13.3 Å². The van der Waals surface area contributed by atoms with Crippen molar-refractivity contribution in [2.75, 3.05) is 11.9 Å². The first-order valence-corrected chi connectivity index (χ1v) is 6.42. The van der Waals surface area contributed by atoms with Crippen LogP contribution in [0.3, 0.4) is 0 Å². The van der Waals surface area contributed by atoms with Crippen LogP contribution >= 0.6 is 0 Å². The Bertz CT molecular complexity index is 654. The molecule has 4 nitrogen and oxygen atoms in total. The number of H-pyrrole nitrogens is 1. The van der Waals surface area contributed by atoms with E-state index in [1.165, 1.54) is 11.3 Å². The van der Waals surface area contributed by atoms with Crippen molar-refractivity contribution in [3.05, 3.63) is 54.0 Å². The Morgan fingerprint density at radius 2 is 2.05 bits per heavy atom. The van der Waals surface area contributed by atoms with Gasteiger partial charge in [-0.1, -0.05) is 18.2 Å². The maximum absolute atomic E-state index is 4.46. The summed E-state index contributed by atoms with van der Waals surface area (Å²) >= 11 is 0. The zero-order valence-corrected chi connectivity index (χ0v) is 10.9. The van der Waals surface area contributed by atoms with Crippen LogP contribution in [0.1, 0.15) is 11.4 Å². The summed E-state index contributed by atoms with van der Waals surface area (Å²) in [6, 6.07) is 12.2.